The number of nitrogens with two attached hydrogens (primary N) is 1. The van der Waals surface area contributed by atoms with Gasteiger partial charge in [0.2, 0.25) is 17.6 Å². The zero-order valence-electron chi connectivity index (χ0n) is 15.9. The number of amides is 4. The zero-order chi connectivity index (χ0) is 21.4. The summed E-state index contributed by atoms with van der Waals surface area (Å²) in [5.41, 5.74) is 6.36. The number of rotatable bonds is 5. The molecule has 0 bridgehead atoms. The van der Waals surface area contributed by atoms with E-state index >= 15 is 0 Å². The number of fused-ring (bicyclic) bond motifs is 1. The van der Waals surface area contributed by atoms with E-state index in [1.807, 2.05) is 0 Å². The van der Waals surface area contributed by atoms with Crippen molar-refractivity contribution in [2.45, 2.75) is 12.8 Å². The topological polar surface area (TPSA) is 132 Å². The first kappa shape index (κ1) is 19.2. The fourth-order valence-electron chi connectivity index (χ4n) is 3.34. The maximum absolute atomic E-state index is 12.9. The number of methoxy groups -OCH3 is 1. The van der Waals surface area contributed by atoms with Gasteiger partial charge < -0.3 is 20.2 Å². The molecule has 1 aromatic heterocycles. The summed E-state index contributed by atoms with van der Waals surface area (Å²) in [5.74, 6) is -1.73. The van der Waals surface area contributed by atoms with E-state index in [1.54, 1.807) is 30.3 Å². The number of carbonyl (C=O) groups is 4. The molecule has 3 N–H and O–H groups in total. The number of nitrogens with zero attached hydrogens (tertiary/aromatic N) is 1. The second-order valence-electron chi connectivity index (χ2n) is 6.66. The monoisotopic (exact) mass is 407 g/mol. The third-order valence-electron chi connectivity index (χ3n) is 4.78. The molecule has 3 aromatic rings. The Balaban J connectivity index is 1.69. The molecule has 1 fully saturated rings. The third kappa shape index (κ3) is 3.26. The maximum Gasteiger partial charge on any atom is 0.286 e. The molecule has 30 heavy (non-hydrogen) atoms. The standard InChI is InChI=1S/C21H17N3O6/c1-29-13-5-6-14-15(10-13)30-19(20(22)27)18(14)23-21(28)11-3-2-4-12(9-11)24-16(25)7-8-17(24)26/h2-6,9-10H,7-8H2,1H3,(H2,22,27)(H,23,28). The number of imide groups is 1. The largest absolute Gasteiger partial charge is 0.497 e. The summed E-state index contributed by atoms with van der Waals surface area (Å²) in [7, 11) is 1.49. The number of ether oxygens (including phenoxy) is 1. The smallest absolute Gasteiger partial charge is 0.286 e. The van der Waals surface area contributed by atoms with E-state index in [0.717, 1.165) is 4.90 Å². The fourth-order valence-corrected chi connectivity index (χ4v) is 3.34. The number of primary amides is 1. The molecule has 1 aliphatic rings. The molecular formula is C21H17N3O6. The molecule has 9 heteroatoms. The molecule has 0 aliphatic carbocycles. The molecular weight excluding hydrogens is 390 g/mol. The molecule has 0 saturated carbocycles. The molecule has 1 saturated heterocycles. The van der Waals surface area contributed by atoms with Crippen LogP contribution < -0.4 is 20.7 Å². The molecule has 9 nitrogen and oxygen atoms in total. The van der Waals surface area contributed by atoms with Crippen LogP contribution in [-0.4, -0.2) is 30.7 Å². The number of hydrogen-bond acceptors (Lipinski definition) is 6. The van der Waals surface area contributed by atoms with Crippen LogP contribution in [0.1, 0.15) is 33.8 Å². The maximum atomic E-state index is 12.9. The minimum Gasteiger partial charge on any atom is -0.497 e. The van der Waals surface area contributed by atoms with Gasteiger partial charge in [-0.2, -0.15) is 0 Å². The van der Waals surface area contributed by atoms with Crippen molar-refractivity contribution in [2.24, 2.45) is 5.73 Å². The highest BCUT2D eigenvalue weighted by Crippen LogP contribution is 2.33. The van der Waals surface area contributed by atoms with E-state index in [9.17, 15) is 19.2 Å². The van der Waals surface area contributed by atoms with E-state index in [-0.39, 0.29) is 41.7 Å². The highest BCUT2D eigenvalue weighted by atomic mass is 16.5. The fraction of sp³-hybridized carbons (Fsp3) is 0.143. The molecule has 0 atom stereocenters. The molecule has 1 aliphatic heterocycles. The molecule has 0 radical (unpaired) electrons. The van der Waals surface area contributed by atoms with Crippen LogP contribution in [0.5, 0.6) is 5.75 Å². The van der Waals surface area contributed by atoms with Crippen LogP contribution in [0.4, 0.5) is 11.4 Å². The Labute approximate surface area is 170 Å². The van der Waals surface area contributed by atoms with Crippen molar-refractivity contribution in [3.05, 3.63) is 53.8 Å². The lowest BCUT2D eigenvalue weighted by molar-refractivity contribution is -0.121. The van der Waals surface area contributed by atoms with E-state index < -0.39 is 11.8 Å². The van der Waals surface area contributed by atoms with Crippen LogP contribution >= 0.6 is 0 Å². The number of anilines is 2. The van der Waals surface area contributed by atoms with Gasteiger partial charge in [0.25, 0.3) is 11.8 Å². The lowest BCUT2D eigenvalue weighted by Gasteiger charge is -2.14. The quantitative estimate of drug-likeness (QED) is 0.625. The Morgan fingerprint density at radius 2 is 1.83 bits per heavy atom. The van der Waals surface area contributed by atoms with Crippen LogP contribution in [0, 0.1) is 0 Å². The molecule has 152 valence electrons. The number of hydrogen-bond donors (Lipinski definition) is 2. The van der Waals surface area contributed by atoms with Gasteiger partial charge in [-0.05, 0) is 30.3 Å². The van der Waals surface area contributed by atoms with Crippen molar-refractivity contribution in [1.29, 1.82) is 0 Å². The summed E-state index contributed by atoms with van der Waals surface area (Å²) in [6.07, 6.45) is 0.281. The van der Waals surface area contributed by atoms with Gasteiger partial charge in [-0.15, -0.1) is 0 Å². The van der Waals surface area contributed by atoms with Crippen LogP contribution in [0.3, 0.4) is 0 Å². The summed E-state index contributed by atoms with van der Waals surface area (Å²) in [5, 5.41) is 3.12. The van der Waals surface area contributed by atoms with Crippen LogP contribution in [-0.2, 0) is 9.59 Å². The second kappa shape index (κ2) is 7.36. The average Bonchev–Trinajstić information content (AvgIpc) is 3.27. The van der Waals surface area contributed by atoms with Gasteiger partial charge in [-0.1, -0.05) is 6.07 Å². The Morgan fingerprint density at radius 1 is 1.10 bits per heavy atom. The summed E-state index contributed by atoms with van der Waals surface area (Å²) >= 11 is 0. The van der Waals surface area contributed by atoms with Crippen LogP contribution in [0.15, 0.2) is 46.9 Å². The number of carbonyl (C=O) groups excluding carboxylic acids is 4. The van der Waals surface area contributed by atoms with E-state index in [2.05, 4.69) is 5.32 Å². The number of furan rings is 1. The Kier molecular flexibility index (Phi) is 4.71. The normalized spacial score (nSPS) is 13.7. The van der Waals surface area contributed by atoms with Crippen molar-refractivity contribution in [2.75, 3.05) is 17.3 Å². The first-order chi connectivity index (χ1) is 14.4. The molecule has 4 rings (SSSR count). The summed E-state index contributed by atoms with van der Waals surface area (Å²) in [4.78, 5) is 49.7. The van der Waals surface area contributed by atoms with Crippen molar-refractivity contribution in [1.82, 2.24) is 0 Å². The van der Waals surface area contributed by atoms with Crippen LogP contribution in [0.25, 0.3) is 11.0 Å². The van der Waals surface area contributed by atoms with Gasteiger partial charge in [0.05, 0.1) is 12.8 Å². The lowest BCUT2D eigenvalue weighted by atomic mass is 10.1. The molecule has 0 unspecified atom stereocenters. The van der Waals surface area contributed by atoms with Gasteiger partial charge in [0, 0.05) is 29.9 Å². The van der Waals surface area contributed by atoms with Crippen molar-refractivity contribution in [3.8, 4) is 5.75 Å². The molecule has 2 heterocycles. The highest BCUT2D eigenvalue weighted by molar-refractivity contribution is 6.20. The number of nitrogens with one attached hydrogen (secondary N) is 1. The van der Waals surface area contributed by atoms with Crippen molar-refractivity contribution in [3.63, 3.8) is 0 Å². The number of benzene rings is 2. The minimum atomic E-state index is -0.845. The molecule has 0 spiro atoms. The molecule has 2 aromatic carbocycles. The SMILES string of the molecule is COc1ccc2c(NC(=O)c3cccc(N4C(=O)CCC4=O)c3)c(C(N)=O)oc2c1. The molecule has 4 amide bonds. The third-order valence-corrected chi connectivity index (χ3v) is 4.78. The van der Waals surface area contributed by atoms with Gasteiger partial charge in [0.1, 0.15) is 17.0 Å². The second-order valence-corrected chi connectivity index (χ2v) is 6.66. The Hall–Kier alpha value is -4.14. The van der Waals surface area contributed by atoms with Gasteiger partial charge in [-0.25, -0.2) is 0 Å². The lowest BCUT2D eigenvalue weighted by Crippen LogP contribution is -2.28. The Morgan fingerprint density at radius 3 is 2.50 bits per heavy atom. The predicted octanol–water partition coefficient (Wildman–Crippen LogP) is 2.45. The van der Waals surface area contributed by atoms with Crippen molar-refractivity contribution >= 4 is 46.0 Å². The Bertz CT molecular complexity index is 1200. The highest BCUT2D eigenvalue weighted by Gasteiger charge is 2.30. The minimum absolute atomic E-state index is 0.129. The average molecular weight is 407 g/mol. The van der Waals surface area contributed by atoms with E-state index in [0.29, 0.717) is 22.4 Å². The van der Waals surface area contributed by atoms with Crippen LogP contribution in [0.2, 0.25) is 0 Å². The van der Waals surface area contributed by atoms with E-state index in [1.165, 1.54) is 19.2 Å². The summed E-state index contributed by atoms with van der Waals surface area (Å²) < 4.78 is 10.6. The van der Waals surface area contributed by atoms with Gasteiger partial charge >= 0.3 is 0 Å². The van der Waals surface area contributed by atoms with Gasteiger partial charge in [-0.3, -0.25) is 24.1 Å². The first-order valence-electron chi connectivity index (χ1n) is 9.06. The summed E-state index contributed by atoms with van der Waals surface area (Å²) in [6, 6.07) is 11.0. The summed E-state index contributed by atoms with van der Waals surface area (Å²) in [6.45, 7) is 0. The van der Waals surface area contributed by atoms with E-state index in [4.69, 9.17) is 14.9 Å². The first-order valence-corrected chi connectivity index (χ1v) is 9.06. The predicted molar refractivity (Wildman–Crippen MR) is 107 cm³/mol. The van der Waals surface area contributed by atoms with Crippen molar-refractivity contribution < 1.29 is 28.3 Å². The van der Waals surface area contributed by atoms with Gasteiger partial charge in [0.15, 0.2) is 0 Å². The zero-order valence-corrected chi connectivity index (χ0v) is 15.9.